The predicted molar refractivity (Wildman–Crippen MR) is 39.6 cm³/mol. The van der Waals surface area contributed by atoms with Crippen molar-refractivity contribution in [2.24, 2.45) is 5.73 Å². The largest absolute Gasteiger partial charge is 0.450 e. The number of ether oxygens (including phenoxy) is 1. The van der Waals surface area contributed by atoms with Crippen LogP contribution in [0.3, 0.4) is 0 Å². The lowest BCUT2D eigenvalue weighted by molar-refractivity contribution is -0.142. The van der Waals surface area contributed by atoms with Crippen LogP contribution in [0.15, 0.2) is 0 Å². The maximum atomic E-state index is 10.7. The molecule has 5 nitrogen and oxygen atoms in total. The molecule has 0 aromatic carbocycles. The van der Waals surface area contributed by atoms with Crippen LogP contribution in [0.4, 0.5) is 0 Å². The summed E-state index contributed by atoms with van der Waals surface area (Å²) in [6, 6.07) is 1.66. The molecule has 0 saturated carbocycles. The Morgan fingerprint density at radius 2 is 2.08 bits per heavy atom. The Morgan fingerprint density at radius 3 is 2.58 bits per heavy atom. The molecule has 66 valence electrons. The van der Waals surface area contributed by atoms with E-state index in [0.29, 0.717) is 6.42 Å². The first kappa shape index (κ1) is 10.4. The van der Waals surface area contributed by atoms with Crippen molar-refractivity contribution in [2.75, 3.05) is 6.61 Å². The number of carbonyl (C=O) groups is 2. The first-order valence-electron chi connectivity index (χ1n) is 3.47. The van der Waals surface area contributed by atoms with Crippen molar-refractivity contribution in [1.29, 1.82) is 5.26 Å². The molecule has 0 aromatic heterocycles. The van der Waals surface area contributed by atoms with Crippen molar-refractivity contribution >= 4 is 11.9 Å². The molecule has 0 bridgehead atoms. The van der Waals surface area contributed by atoms with E-state index in [2.05, 4.69) is 4.74 Å². The molecule has 12 heavy (non-hydrogen) atoms. The third-order valence-electron chi connectivity index (χ3n) is 1.10. The smallest absolute Gasteiger partial charge is 0.306 e. The highest BCUT2D eigenvalue weighted by Gasteiger charge is 2.02. The lowest BCUT2D eigenvalue weighted by Gasteiger charge is -1.97. The van der Waals surface area contributed by atoms with Crippen LogP contribution >= 0.6 is 0 Å². The van der Waals surface area contributed by atoms with Gasteiger partial charge in [-0.05, 0) is 6.42 Å². The van der Waals surface area contributed by atoms with Crippen molar-refractivity contribution in [2.45, 2.75) is 19.3 Å². The summed E-state index contributed by atoms with van der Waals surface area (Å²) in [6.07, 6.45) is 0.672. The third kappa shape index (κ3) is 6.55. The van der Waals surface area contributed by atoms with Gasteiger partial charge in [-0.15, -0.1) is 0 Å². The van der Waals surface area contributed by atoms with Crippen LogP contribution < -0.4 is 5.73 Å². The van der Waals surface area contributed by atoms with Gasteiger partial charge in [-0.25, -0.2) is 0 Å². The molecule has 0 heterocycles. The molecular weight excluding hydrogens is 160 g/mol. The van der Waals surface area contributed by atoms with Gasteiger partial charge in [-0.3, -0.25) is 9.59 Å². The van der Waals surface area contributed by atoms with E-state index in [1.54, 1.807) is 6.07 Å². The van der Waals surface area contributed by atoms with E-state index >= 15 is 0 Å². The van der Waals surface area contributed by atoms with Gasteiger partial charge in [-0.2, -0.15) is 5.26 Å². The van der Waals surface area contributed by atoms with Gasteiger partial charge in [0.1, 0.15) is 6.07 Å². The number of esters is 1. The zero-order valence-corrected chi connectivity index (χ0v) is 6.58. The Labute approximate surface area is 70.1 Å². The van der Waals surface area contributed by atoms with E-state index in [1.165, 1.54) is 0 Å². The van der Waals surface area contributed by atoms with E-state index in [4.69, 9.17) is 11.0 Å². The molecule has 5 heteroatoms. The number of hydrogen-bond acceptors (Lipinski definition) is 4. The molecule has 1 amide bonds. The quantitative estimate of drug-likeness (QED) is 0.573. The summed E-state index contributed by atoms with van der Waals surface area (Å²) in [4.78, 5) is 20.9. The summed E-state index contributed by atoms with van der Waals surface area (Å²) in [6.45, 7) is -0.241. The lowest BCUT2D eigenvalue weighted by Crippen LogP contribution is -2.11. The zero-order chi connectivity index (χ0) is 9.40. The van der Waals surface area contributed by atoms with Crippen LogP contribution in [0.1, 0.15) is 19.3 Å². The van der Waals surface area contributed by atoms with Gasteiger partial charge in [0.15, 0.2) is 6.61 Å². The molecule has 0 aliphatic rings. The number of carbonyl (C=O) groups excluding carboxylic acids is 2. The van der Waals surface area contributed by atoms with Gasteiger partial charge in [0.25, 0.3) is 0 Å². The maximum Gasteiger partial charge on any atom is 0.306 e. The fourth-order valence-electron chi connectivity index (χ4n) is 0.592. The van der Waals surface area contributed by atoms with Crippen LogP contribution in [0, 0.1) is 11.3 Å². The Morgan fingerprint density at radius 1 is 1.42 bits per heavy atom. The highest BCUT2D eigenvalue weighted by molar-refractivity contribution is 5.75. The number of nitriles is 1. The third-order valence-corrected chi connectivity index (χ3v) is 1.10. The number of rotatable bonds is 5. The molecule has 0 saturated heterocycles. The standard InChI is InChI=1S/C7H10N2O3/c8-4-5-12-7(11)3-1-2-6(9)10/h1-3,5H2,(H2,9,10). The number of hydrogen-bond donors (Lipinski definition) is 1. The molecule has 0 atom stereocenters. The Bertz CT molecular complexity index is 207. The minimum absolute atomic E-state index is 0.130. The van der Waals surface area contributed by atoms with E-state index in [1.807, 2.05) is 0 Å². The van der Waals surface area contributed by atoms with Crippen LogP contribution in [-0.2, 0) is 14.3 Å². The van der Waals surface area contributed by atoms with E-state index in [-0.39, 0.29) is 19.4 Å². The second-order valence-electron chi connectivity index (χ2n) is 2.14. The first-order valence-corrected chi connectivity index (χ1v) is 3.47. The van der Waals surface area contributed by atoms with Gasteiger partial charge in [0.05, 0.1) is 0 Å². The van der Waals surface area contributed by atoms with Crippen molar-refractivity contribution < 1.29 is 14.3 Å². The fraction of sp³-hybridized carbons (Fsp3) is 0.571. The van der Waals surface area contributed by atoms with Gasteiger partial charge in [0.2, 0.25) is 5.91 Å². The second kappa shape index (κ2) is 6.16. The van der Waals surface area contributed by atoms with Crippen molar-refractivity contribution in [3.8, 4) is 6.07 Å². The average molecular weight is 170 g/mol. The minimum Gasteiger partial charge on any atom is -0.450 e. The fourth-order valence-corrected chi connectivity index (χ4v) is 0.592. The summed E-state index contributed by atoms with van der Waals surface area (Å²) >= 11 is 0. The van der Waals surface area contributed by atoms with Gasteiger partial charge >= 0.3 is 5.97 Å². The SMILES string of the molecule is N#CCOC(=O)CCCC(N)=O. The molecular formula is C7H10N2O3. The normalized spacial score (nSPS) is 8.58. The average Bonchev–Trinajstić information content (AvgIpc) is 2.00. The second-order valence-corrected chi connectivity index (χ2v) is 2.14. The number of nitrogens with zero attached hydrogens (tertiary/aromatic N) is 1. The zero-order valence-electron chi connectivity index (χ0n) is 6.58. The first-order chi connectivity index (χ1) is 5.66. The molecule has 0 spiro atoms. The van der Waals surface area contributed by atoms with Crippen molar-refractivity contribution in [1.82, 2.24) is 0 Å². The Kier molecular flexibility index (Phi) is 5.35. The van der Waals surface area contributed by atoms with Crippen LogP contribution in [0.2, 0.25) is 0 Å². The molecule has 2 N–H and O–H groups in total. The molecule has 0 radical (unpaired) electrons. The molecule has 0 unspecified atom stereocenters. The molecule has 0 aliphatic heterocycles. The number of primary amides is 1. The van der Waals surface area contributed by atoms with Gasteiger partial charge in [0, 0.05) is 12.8 Å². The van der Waals surface area contributed by atoms with Crippen molar-refractivity contribution in [3.05, 3.63) is 0 Å². The minimum atomic E-state index is -0.474. The molecule has 0 fully saturated rings. The van der Waals surface area contributed by atoms with E-state index < -0.39 is 11.9 Å². The number of nitrogens with two attached hydrogens (primary N) is 1. The summed E-state index contributed by atoms with van der Waals surface area (Å²) < 4.78 is 4.42. The predicted octanol–water partition coefficient (Wildman–Crippen LogP) is -0.291. The van der Waals surface area contributed by atoms with E-state index in [0.717, 1.165) is 0 Å². The van der Waals surface area contributed by atoms with Gasteiger partial charge in [-0.1, -0.05) is 0 Å². The topological polar surface area (TPSA) is 93.2 Å². The van der Waals surface area contributed by atoms with Crippen LogP contribution in [0.25, 0.3) is 0 Å². The maximum absolute atomic E-state index is 10.7. The Balaban J connectivity index is 3.33. The van der Waals surface area contributed by atoms with Crippen LogP contribution in [-0.4, -0.2) is 18.5 Å². The molecule has 0 aromatic rings. The monoisotopic (exact) mass is 170 g/mol. The molecule has 0 aliphatic carbocycles. The summed E-state index contributed by atoms with van der Waals surface area (Å²) in [5.74, 6) is -0.916. The van der Waals surface area contributed by atoms with Crippen LogP contribution in [0.5, 0.6) is 0 Å². The lowest BCUT2D eigenvalue weighted by atomic mass is 10.2. The summed E-state index contributed by atoms with van der Waals surface area (Å²) in [7, 11) is 0. The van der Waals surface area contributed by atoms with Crippen molar-refractivity contribution in [3.63, 3.8) is 0 Å². The van der Waals surface area contributed by atoms with Gasteiger partial charge < -0.3 is 10.5 Å². The highest BCUT2D eigenvalue weighted by Crippen LogP contribution is 1.96. The molecule has 0 rings (SSSR count). The number of amides is 1. The van der Waals surface area contributed by atoms with E-state index in [9.17, 15) is 9.59 Å². The summed E-state index contributed by atoms with van der Waals surface area (Å²) in [5.41, 5.74) is 4.84. The summed E-state index contributed by atoms with van der Waals surface area (Å²) in [5, 5.41) is 8.03. The highest BCUT2D eigenvalue weighted by atomic mass is 16.5. The Hall–Kier alpha value is -1.57.